The summed E-state index contributed by atoms with van der Waals surface area (Å²) in [5.74, 6) is 0.661. The van der Waals surface area contributed by atoms with Crippen LogP contribution in [-0.4, -0.2) is 41.0 Å². The zero-order valence-corrected chi connectivity index (χ0v) is 15.0. The summed E-state index contributed by atoms with van der Waals surface area (Å²) in [7, 11) is 0. The number of carbonyl (C=O) groups excluding carboxylic acids is 1. The average molecular weight is 341 g/mol. The highest BCUT2D eigenvalue weighted by molar-refractivity contribution is 7.17. The zero-order chi connectivity index (χ0) is 16.7. The Morgan fingerprint density at radius 1 is 1.25 bits per heavy atom. The summed E-state index contributed by atoms with van der Waals surface area (Å²) in [5, 5.41) is 4.23. The standard InChI is InChI=1S/C19H23N3OS/c1-12-17(24-19(20-12)15-6-4-3-5-7-15)18(23)21-16-13(2)22-10-8-14(16)9-11-22/h3-7,13-14,16H,8-11H2,1-2H3,(H,21,23)/t13-,16+/m1/s1. The molecule has 1 N–H and O–H groups in total. The minimum atomic E-state index is 0.0396. The molecule has 1 amide bonds. The van der Waals surface area contributed by atoms with Gasteiger partial charge in [0.1, 0.15) is 9.88 Å². The summed E-state index contributed by atoms with van der Waals surface area (Å²) in [6, 6.07) is 10.8. The number of carbonyl (C=O) groups is 1. The summed E-state index contributed by atoms with van der Waals surface area (Å²) in [5.41, 5.74) is 1.89. The number of piperidine rings is 3. The third-order valence-electron chi connectivity index (χ3n) is 5.50. The number of benzene rings is 1. The van der Waals surface area contributed by atoms with Gasteiger partial charge in [0.2, 0.25) is 0 Å². The van der Waals surface area contributed by atoms with Gasteiger partial charge in [-0.25, -0.2) is 4.98 Å². The van der Waals surface area contributed by atoms with Gasteiger partial charge in [0.15, 0.2) is 0 Å². The molecule has 0 saturated carbocycles. The Balaban J connectivity index is 1.54. The van der Waals surface area contributed by atoms with Crippen LogP contribution in [0.15, 0.2) is 30.3 Å². The molecule has 1 aromatic heterocycles. The summed E-state index contributed by atoms with van der Waals surface area (Å²) in [6.07, 6.45) is 2.40. The van der Waals surface area contributed by atoms with Gasteiger partial charge in [-0.1, -0.05) is 30.3 Å². The van der Waals surface area contributed by atoms with Crippen molar-refractivity contribution >= 4 is 17.2 Å². The van der Waals surface area contributed by atoms with Crippen LogP contribution in [-0.2, 0) is 0 Å². The number of amides is 1. The van der Waals surface area contributed by atoms with E-state index in [1.165, 1.54) is 37.3 Å². The van der Waals surface area contributed by atoms with Crippen molar-refractivity contribution in [2.24, 2.45) is 5.92 Å². The Labute approximate surface area is 146 Å². The highest BCUT2D eigenvalue weighted by atomic mass is 32.1. The molecule has 24 heavy (non-hydrogen) atoms. The molecule has 3 saturated heterocycles. The van der Waals surface area contributed by atoms with E-state index < -0.39 is 0 Å². The average Bonchev–Trinajstić information content (AvgIpc) is 3.01. The van der Waals surface area contributed by atoms with Gasteiger partial charge < -0.3 is 5.32 Å². The molecule has 0 spiro atoms. The van der Waals surface area contributed by atoms with Gasteiger partial charge >= 0.3 is 0 Å². The molecule has 5 rings (SSSR count). The van der Waals surface area contributed by atoms with Crippen molar-refractivity contribution in [3.05, 3.63) is 40.9 Å². The van der Waals surface area contributed by atoms with Gasteiger partial charge in [-0.15, -0.1) is 11.3 Å². The molecule has 126 valence electrons. The van der Waals surface area contributed by atoms with Crippen molar-refractivity contribution in [1.29, 1.82) is 0 Å². The molecule has 2 bridgehead atoms. The van der Waals surface area contributed by atoms with Crippen LogP contribution in [0, 0.1) is 12.8 Å². The van der Waals surface area contributed by atoms with Crippen LogP contribution >= 0.6 is 11.3 Å². The van der Waals surface area contributed by atoms with Crippen LogP contribution in [0.1, 0.15) is 35.1 Å². The largest absolute Gasteiger partial charge is 0.347 e. The van der Waals surface area contributed by atoms with Gasteiger partial charge in [-0.3, -0.25) is 9.69 Å². The summed E-state index contributed by atoms with van der Waals surface area (Å²) in [4.78, 5) is 20.7. The van der Waals surface area contributed by atoms with Gasteiger partial charge in [0.05, 0.1) is 5.69 Å². The number of fused-ring (bicyclic) bond motifs is 3. The molecular formula is C19H23N3OS. The van der Waals surface area contributed by atoms with E-state index in [9.17, 15) is 4.79 Å². The molecule has 0 radical (unpaired) electrons. The molecular weight excluding hydrogens is 318 g/mol. The number of aryl methyl sites for hydroxylation is 1. The molecule has 3 aliphatic rings. The van der Waals surface area contributed by atoms with E-state index in [0.717, 1.165) is 21.1 Å². The fourth-order valence-corrected chi connectivity index (χ4v) is 5.05. The lowest BCUT2D eigenvalue weighted by Crippen LogP contribution is -2.62. The number of hydrogen-bond donors (Lipinski definition) is 1. The van der Waals surface area contributed by atoms with E-state index >= 15 is 0 Å². The normalized spacial score (nSPS) is 28.8. The first kappa shape index (κ1) is 15.8. The predicted molar refractivity (Wildman–Crippen MR) is 97.3 cm³/mol. The fraction of sp³-hybridized carbons (Fsp3) is 0.474. The van der Waals surface area contributed by atoms with Crippen molar-refractivity contribution in [2.45, 2.75) is 38.8 Å². The molecule has 3 aliphatic heterocycles. The maximum absolute atomic E-state index is 12.8. The molecule has 4 nitrogen and oxygen atoms in total. The summed E-state index contributed by atoms with van der Waals surface area (Å²) >= 11 is 1.49. The molecule has 1 aromatic carbocycles. The lowest BCUT2D eigenvalue weighted by Gasteiger charge is -2.49. The molecule has 0 unspecified atom stereocenters. The van der Waals surface area contributed by atoms with Gasteiger partial charge in [0, 0.05) is 17.6 Å². The highest BCUT2D eigenvalue weighted by Crippen LogP contribution is 2.33. The second-order valence-corrected chi connectivity index (χ2v) is 7.91. The number of nitrogens with one attached hydrogen (secondary N) is 1. The van der Waals surface area contributed by atoms with E-state index in [4.69, 9.17) is 0 Å². The molecule has 2 aromatic rings. The van der Waals surface area contributed by atoms with Crippen molar-refractivity contribution in [1.82, 2.24) is 15.2 Å². The number of thiazole rings is 1. The fourth-order valence-electron chi connectivity index (χ4n) is 4.07. The lowest BCUT2D eigenvalue weighted by molar-refractivity contribution is 0.0218. The van der Waals surface area contributed by atoms with Crippen molar-refractivity contribution < 1.29 is 4.79 Å². The first-order chi connectivity index (χ1) is 11.6. The Kier molecular flexibility index (Phi) is 4.14. The summed E-state index contributed by atoms with van der Waals surface area (Å²) < 4.78 is 0. The first-order valence-corrected chi connectivity index (χ1v) is 9.53. The maximum atomic E-state index is 12.8. The SMILES string of the molecule is Cc1nc(-c2ccccc2)sc1C(=O)N[C@@H]1C2CCN(CC2)[C@@H]1C. The Bertz CT molecular complexity index is 732. The third kappa shape index (κ3) is 2.76. The van der Waals surface area contributed by atoms with Crippen molar-refractivity contribution in [2.75, 3.05) is 13.1 Å². The molecule has 4 heterocycles. The topological polar surface area (TPSA) is 45.2 Å². The van der Waals surface area contributed by atoms with E-state index in [1.807, 2.05) is 37.3 Å². The molecule has 5 heteroatoms. The Hall–Kier alpha value is -1.72. The van der Waals surface area contributed by atoms with Crippen LogP contribution in [0.25, 0.3) is 10.6 Å². The van der Waals surface area contributed by atoms with Crippen molar-refractivity contribution in [3.63, 3.8) is 0 Å². The van der Waals surface area contributed by atoms with E-state index in [-0.39, 0.29) is 11.9 Å². The smallest absolute Gasteiger partial charge is 0.263 e. The monoisotopic (exact) mass is 341 g/mol. The Morgan fingerprint density at radius 3 is 2.62 bits per heavy atom. The van der Waals surface area contributed by atoms with Crippen molar-refractivity contribution in [3.8, 4) is 10.6 Å². The maximum Gasteiger partial charge on any atom is 0.263 e. The van der Waals surface area contributed by atoms with Gasteiger partial charge in [-0.2, -0.15) is 0 Å². The van der Waals surface area contributed by atoms with Gasteiger partial charge in [0.25, 0.3) is 5.91 Å². The molecule has 3 fully saturated rings. The lowest BCUT2D eigenvalue weighted by atomic mass is 9.79. The minimum absolute atomic E-state index is 0.0396. The number of rotatable bonds is 3. The third-order valence-corrected chi connectivity index (χ3v) is 6.70. The van der Waals surface area contributed by atoms with Crippen LogP contribution in [0.5, 0.6) is 0 Å². The van der Waals surface area contributed by atoms with E-state index in [2.05, 4.69) is 22.1 Å². The van der Waals surface area contributed by atoms with Crippen LogP contribution in [0.2, 0.25) is 0 Å². The molecule has 0 aliphatic carbocycles. The minimum Gasteiger partial charge on any atom is -0.347 e. The zero-order valence-electron chi connectivity index (χ0n) is 14.2. The first-order valence-electron chi connectivity index (χ1n) is 8.71. The summed E-state index contributed by atoms with van der Waals surface area (Å²) in [6.45, 7) is 6.52. The second kappa shape index (κ2) is 6.30. The van der Waals surface area contributed by atoms with Crippen LogP contribution in [0.3, 0.4) is 0 Å². The number of hydrogen-bond acceptors (Lipinski definition) is 4. The Morgan fingerprint density at radius 2 is 1.96 bits per heavy atom. The number of aromatic nitrogens is 1. The van der Waals surface area contributed by atoms with Crippen LogP contribution in [0.4, 0.5) is 0 Å². The highest BCUT2D eigenvalue weighted by Gasteiger charge is 2.40. The second-order valence-electron chi connectivity index (χ2n) is 6.91. The number of nitrogens with zero attached hydrogens (tertiary/aromatic N) is 2. The van der Waals surface area contributed by atoms with Gasteiger partial charge in [-0.05, 0) is 45.7 Å². The van der Waals surface area contributed by atoms with Crippen LogP contribution < -0.4 is 5.32 Å². The van der Waals surface area contributed by atoms with E-state index in [1.54, 1.807) is 0 Å². The quantitative estimate of drug-likeness (QED) is 0.931. The predicted octanol–water partition coefficient (Wildman–Crippen LogP) is 3.33. The molecule has 2 atom stereocenters. The van der Waals surface area contributed by atoms with E-state index in [0.29, 0.717) is 12.0 Å².